The summed E-state index contributed by atoms with van der Waals surface area (Å²) in [5.41, 5.74) is 1.27. The van der Waals surface area contributed by atoms with E-state index in [-0.39, 0.29) is 5.91 Å². The zero-order valence-corrected chi connectivity index (χ0v) is 17.7. The summed E-state index contributed by atoms with van der Waals surface area (Å²) < 4.78 is 37.9. The Labute approximate surface area is 184 Å². The molecule has 166 valence electrons. The fourth-order valence-electron chi connectivity index (χ4n) is 3.91. The third kappa shape index (κ3) is 5.28. The van der Waals surface area contributed by atoms with E-state index in [1.165, 1.54) is 37.1 Å². The molecule has 0 unspecified atom stereocenters. The molecule has 1 N–H and O–H groups in total. The second kappa shape index (κ2) is 9.02. The lowest BCUT2D eigenvalue weighted by Gasteiger charge is -2.32. The summed E-state index contributed by atoms with van der Waals surface area (Å²) in [6, 6.07) is 14.2. The first kappa shape index (κ1) is 21.9. The number of nitrogens with one attached hydrogen (secondary N) is 1. The van der Waals surface area contributed by atoms with E-state index in [0.717, 1.165) is 41.9 Å². The molecule has 1 fully saturated rings. The predicted octanol–water partition coefficient (Wildman–Crippen LogP) is 6.14. The number of amides is 1. The Morgan fingerprint density at radius 2 is 1.91 bits per heavy atom. The minimum atomic E-state index is -4.38. The van der Waals surface area contributed by atoms with Gasteiger partial charge in [0.1, 0.15) is 5.82 Å². The van der Waals surface area contributed by atoms with Crippen LogP contribution in [0.1, 0.15) is 30.9 Å². The van der Waals surface area contributed by atoms with E-state index in [4.69, 9.17) is 4.98 Å². The van der Waals surface area contributed by atoms with Crippen LogP contribution < -0.4 is 10.2 Å². The standard InChI is InChI=1S/C25H24F3N3O/c1-17-3-2-14-31(16-17)23-12-7-19-15-21(10-11-22(19)30-23)29-24(32)13-6-18-4-8-20(9-5-18)25(26,27)28/h4-13,15,17H,2-3,14,16H2,1H3,(H,29,32)/b13-6+/t17-/m0/s1. The molecule has 3 aromatic rings. The topological polar surface area (TPSA) is 45.2 Å². The number of carbonyl (C=O) groups is 1. The SMILES string of the molecule is C[C@H]1CCCN(c2ccc3cc(NC(=O)/C=C/c4ccc(C(F)(F)F)cc4)ccc3n2)C1. The molecule has 0 aliphatic carbocycles. The number of rotatable bonds is 4. The van der Waals surface area contributed by atoms with Gasteiger partial charge < -0.3 is 10.2 Å². The third-order valence-electron chi connectivity index (χ3n) is 5.59. The van der Waals surface area contributed by atoms with Crippen LogP contribution in [0.15, 0.2) is 60.7 Å². The number of benzene rings is 2. The van der Waals surface area contributed by atoms with E-state index in [1.807, 2.05) is 24.3 Å². The summed E-state index contributed by atoms with van der Waals surface area (Å²) in [7, 11) is 0. The molecule has 4 rings (SSSR count). The van der Waals surface area contributed by atoms with Gasteiger partial charge in [0.25, 0.3) is 0 Å². The summed E-state index contributed by atoms with van der Waals surface area (Å²) in [4.78, 5) is 19.3. The average Bonchev–Trinajstić information content (AvgIpc) is 2.77. The number of alkyl halides is 3. The van der Waals surface area contributed by atoms with Gasteiger partial charge in [-0.2, -0.15) is 13.2 Å². The predicted molar refractivity (Wildman–Crippen MR) is 121 cm³/mol. The molecule has 1 aliphatic heterocycles. The number of hydrogen-bond acceptors (Lipinski definition) is 3. The lowest BCUT2D eigenvalue weighted by atomic mass is 10.0. The van der Waals surface area contributed by atoms with Gasteiger partial charge >= 0.3 is 6.18 Å². The summed E-state index contributed by atoms with van der Waals surface area (Å²) in [6.45, 7) is 4.29. The highest BCUT2D eigenvalue weighted by molar-refractivity contribution is 6.03. The molecule has 1 amide bonds. The summed E-state index contributed by atoms with van der Waals surface area (Å²) in [5.74, 6) is 1.27. The number of carbonyl (C=O) groups excluding carboxylic acids is 1. The number of aromatic nitrogens is 1. The normalized spacial score (nSPS) is 17.1. The highest BCUT2D eigenvalue weighted by atomic mass is 19.4. The van der Waals surface area contributed by atoms with E-state index in [0.29, 0.717) is 17.2 Å². The van der Waals surface area contributed by atoms with Crippen LogP contribution in [0.25, 0.3) is 17.0 Å². The van der Waals surface area contributed by atoms with Gasteiger partial charge in [-0.25, -0.2) is 4.98 Å². The fourth-order valence-corrected chi connectivity index (χ4v) is 3.91. The van der Waals surface area contributed by atoms with Crippen molar-refractivity contribution in [2.75, 3.05) is 23.3 Å². The van der Waals surface area contributed by atoms with Crippen molar-refractivity contribution in [3.8, 4) is 0 Å². The molecule has 0 bridgehead atoms. The van der Waals surface area contributed by atoms with Crippen molar-refractivity contribution in [1.82, 2.24) is 4.98 Å². The maximum atomic E-state index is 12.6. The van der Waals surface area contributed by atoms with E-state index in [2.05, 4.69) is 17.1 Å². The van der Waals surface area contributed by atoms with Gasteiger partial charge in [0.05, 0.1) is 11.1 Å². The van der Waals surface area contributed by atoms with Crippen LogP contribution in [-0.4, -0.2) is 24.0 Å². The largest absolute Gasteiger partial charge is 0.416 e. The molecule has 1 aromatic heterocycles. The van der Waals surface area contributed by atoms with Crippen LogP contribution in [0.4, 0.5) is 24.7 Å². The smallest absolute Gasteiger partial charge is 0.356 e. The number of nitrogens with zero attached hydrogens (tertiary/aromatic N) is 2. The van der Waals surface area contributed by atoms with Gasteiger partial charge in [-0.15, -0.1) is 0 Å². The molecule has 0 saturated carbocycles. The monoisotopic (exact) mass is 439 g/mol. The van der Waals surface area contributed by atoms with Crippen LogP contribution in [0.2, 0.25) is 0 Å². The molecular formula is C25H24F3N3O. The number of halogens is 3. The van der Waals surface area contributed by atoms with Crippen molar-refractivity contribution < 1.29 is 18.0 Å². The average molecular weight is 439 g/mol. The zero-order chi connectivity index (χ0) is 22.7. The first-order chi connectivity index (χ1) is 15.3. The third-order valence-corrected chi connectivity index (χ3v) is 5.59. The minimum Gasteiger partial charge on any atom is -0.356 e. The van der Waals surface area contributed by atoms with Crippen LogP contribution >= 0.6 is 0 Å². The molecule has 4 nitrogen and oxygen atoms in total. The Hall–Kier alpha value is -3.35. The van der Waals surface area contributed by atoms with Crippen LogP contribution in [0.5, 0.6) is 0 Å². The number of pyridine rings is 1. The van der Waals surface area contributed by atoms with Crippen molar-refractivity contribution in [2.24, 2.45) is 5.92 Å². The Morgan fingerprint density at radius 3 is 2.62 bits per heavy atom. The fraction of sp³-hybridized carbons (Fsp3) is 0.280. The number of piperidine rings is 1. The van der Waals surface area contributed by atoms with Gasteiger partial charge in [-0.3, -0.25) is 4.79 Å². The zero-order valence-electron chi connectivity index (χ0n) is 17.7. The second-order valence-electron chi connectivity index (χ2n) is 8.21. The summed E-state index contributed by atoms with van der Waals surface area (Å²) in [5, 5.41) is 3.70. The molecule has 1 atom stereocenters. The van der Waals surface area contributed by atoms with E-state index < -0.39 is 11.7 Å². The van der Waals surface area contributed by atoms with Crippen molar-refractivity contribution >= 4 is 34.4 Å². The quantitative estimate of drug-likeness (QED) is 0.497. The molecular weight excluding hydrogens is 415 g/mol. The molecule has 0 radical (unpaired) electrons. The van der Waals surface area contributed by atoms with Crippen molar-refractivity contribution in [1.29, 1.82) is 0 Å². The van der Waals surface area contributed by atoms with Gasteiger partial charge in [0.2, 0.25) is 5.91 Å². The molecule has 1 saturated heterocycles. The van der Waals surface area contributed by atoms with E-state index in [1.54, 1.807) is 6.07 Å². The first-order valence-electron chi connectivity index (χ1n) is 10.6. The number of hydrogen-bond donors (Lipinski definition) is 1. The van der Waals surface area contributed by atoms with Crippen molar-refractivity contribution in [3.63, 3.8) is 0 Å². The minimum absolute atomic E-state index is 0.365. The van der Waals surface area contributed by atoms with Gasteiger partial charge in [-0.05, 0) is 72.9 Å². The number of fused-ring (bicyclic) bond motifs is 1. The Kier molecular flexibility index (Phi) is 6.17. The molecule has 7 heteroatoms. The van der Waals surface area contributed by atoms with Crippen LogP contribution in [-0.2, 0) is 11.0 Å². The van der Waals surface area contributed by atoms with Gasteiger partial charge in [-0.1, -0.05) is 19.1 Å². The molecule has 2 heterocycles. The Bertz CT molecular complexity index is 1140. The summed E-state index contributed by atoms with van der Waals surface area (Å²) in [6.07, 6.45) is 0.819. The lowest BCUT2D eigenvalue weighted by molar-refractivity contribution is -0.137. The Morgan fingerprint density at radius 1 is 1.12 bits per heavy atom. The van der Waals surface area contributed by atoms with Crippen molar-refractivity contribution in [3.05, 3.63) is 71.8 Å². The highest BCUT2D eigenvalue weighted by Gasteiger charge is 2.29. The maximum absolute atomic E-state index is 12.6. The second-order valence-corrected chi connectivity index (χ2v) is 8.21. The molecule has 2 aromatic carbocycles. The van der Waals surface area contributed by atoms with Crippen LogP contribution in [0, 0.1) is 5.92 Å². The lowest BCUT2D eigenvalue weighted by Crippen LogP contribution is -2.34. The van der Waals surface area contributed by atoms with Crippen LogP contribution in [0.3, 0.4) is 0 Å². The maximum Gasteiger partial charge on any atom is 0.416 e. The number of anilines is 2. The van der Waals surface area contributed by atoms with Crippen molar-refractivity contribution in [2.45, 2.75) is 25.9 Å². The van der Waals surface area contributed by atoms with E-state index in [9.17, 15) is 18.0 Å². The van der Waals surface area contributed by atoms with Gasteiger partial charge in [0, 0.05) is 30.2 Å². The molecule has 0 spiro atoms. The van der Waals surface area contributed by atoms with E-state index >= 15 is 0 Å². The van der Waals surface area contributed by atoms with Gasteiger partial charge in [0.15, 0.2) is 0 Å². The molecule has 1 aliphatic rings. The summed E-state index contributed by atoms with van der Waals surface area (Å²) >= 11 is 0. The first-order valence-corrected chi connectivity index (χ1v) is 10.6. The molecule has 32 heavy (non-hydrogen) atoms. The highest BCUT2D eigenvalue weighted by Crippen LogP contribution is 2.29. The Balaban J connectivity index is 1.41.